The first kappa shape index (κ1) is 18.9. The summed E-state index contributed by atoms with van der Waals surface area (Å²) in [6.45, 7) is 5.56. The SMILES string of the molecule is Cc1ccc(C(=O)Nc2cc(C(=O)N3CCC(C)CC3)cn(C)c2=O)cc1. The molecule has 0 unspecified atom stereocenters. The zero-order valence-electron chi connectivity index (χ0n) is 16.0. The topological polar surface area (TPSA) is 71.4 Å². The highest BCUT2D eigenvalue weighted by molar-refractivity contribution is 6.05. The number of aromatic nitrogens is 1. The lowest BCUT2D eigenvalue weighted by atomic mass is 9.99. The Hall–Kier alpha value is -2.89. The number of benzene rings is 1. The van der Waals surface area contributed by atoms with Gasteiger partial charge >= 0.3 is 0 Å². The van der Waals surface area contributed by atoms with E-state index in [-0.39, 0.29) is 23.1 Å². The molecule has 1 aromatic heterocycles. The lowest BCUT2D eigenvalue weighted by Gasteiger charge is -2.30. The molecule has 1 fully saturated rings. The summed E-state index contributed by atoms with van der Waals surface area (Å²) in [6, 6.07) is 8.57. The number of pyridine rings is 1. The van der Waals surface area contributed by atoms with Gasteiger partial charge in [-0.3, -0.25) is 14.4 Å². The van der Waals surface area contributed by atoms with Crippen LogP contribution in [0.4, 0.5) is 5.69 Å². The first-order chi connectivity index (χ1) is 12.8. The van der Waals surface area contributed by atoms with Gasteiger partial charge in [0.15, 0.2) is 0 Å². The molecule has 1 saturated heterocycles. The van der Waals surface area contributed by atoms with Crippen LogP contribution in [0.3, 0.4) is 0 Å². The average molecular weight is 367 g/mol. The fraction of sp³-hybridized carbons (Fsp3) is 0.381. The van der Waals surface area contributed by atoms with Crippen molar-refractivity contribution < 1.29 is 9.59 Å². The van der Waals surface area contributed by atoms with Crippen molar-refractivity contribution in [3.8, 4) is 0 Å². The number of hydrogen-bond acceptors (Lipinski definition) is 3. The van der Waals surface area contributed by atoms with Crippen molar-refractivity contribution in [2.24, 2.45) is 13.0 Å². The fourth-order valence-electron chi connectivity index (χ4n) is 3.21. The monoisotopic (exact) mass is 367 g/mol. The van der Waals surface area contributed by atoms with Crippen LogP contribution in [0.2, 0.25) is 0 Å². The fourth-order valence-corrected chi connectivity index (χ4v) is 3.21. The molecule has 1 N–H and O–H groups in total. The van der Waals surface area contributed by atoms with Gasteiger partial charge in [-0.1, -0.05) is 24.6 Å². The number of anilines is 1. The number of amides is 2. The molecule has 0 atom stereocenters. The largest absolute Gasteiger partial charge is 0.339 e. The average Bonchev–Trinajstić information content (AvgIpc) is 2.65. The van der Waals surface area contributed by atoms with E-state index < -0.39 is 0 Å². The molecule has 0 spiro atoms. The van der Waals surface area contributed by atoms with E-state index in [0.29, 0.717) is 30.1 Å². The van der Waals surface area contributed by atoms with Gasteiger partial charge in [-0.15, -0.1) is 0 Å². The van der Waals surface area contributed by atoms with E-state index in [2.05, 4.69) is 12.2 Å². The van der Waals surface area contributed by atoms with E-state index in [4.69, 9.17) is 0 Å². The molecule has 0 bridgehead atoms. The van der Waals surface area contributed by atoms with Crippen molar-refractivity contribution in [3.63, 3.8) is 0 Å². The first-order valence-corrected chi connectivity index (χ1v) is 9.23. The van der Waals surface area contributed by atoms with Crippen LogP contribution >= 0.6 is 0 Å². The normalized spacial score (nSPS) is 14.9. The van der Waals surface area contributed by atoms with Gasteiger partial charge in [0.25, 0.3) is 17.4 Å². The second kappa shape index (κ2) is 7.78. The minimum Gasteiger partial charge on any atom is -0.339 e. The van der Waals surface area contributed by atoms with Gasteiger partial charge in [0.1, 0.15) is 5.69 Å². The van der Waals surface area contributed by atoms with Gasteiger partial charge < -0.3 is 14.8 Å². The number of nitrogens with zero attached hydrogens (tertiary/aromatic N) is 2. The summed E-state index contributed by atoms with van der Waals surface area (Å²) in [5.41, 5.74) is 1.68. The molecule has 142 valence electrons. The van der Waals surface area contributed by atoms with Crippen LogP contribution in [0.5, 0.6) is 0 Å². The van der Waals surface area contributed by atoms with Crippen molar-refractivity contribution in [1.82, 2.24) is 9.47 Å². The minimum absolute atomic E-state index is 0.108. The number of carbonyl (C=O) groups is 2. The Bertz CT molecular complexity index is 907. The van der Waals surface area contributed by atoms with E-state index in [0.717, 1.165) is 18.4 Å². The summed E-state index contributed by atoms with van der Waals surface area (Å²) in [6.07, 6.45) is 3.49. The Morgan fingerprint density at radius 3 is 2.33 bits per heavy atom. The molecule has 2 amide bonds. The zero-order valence-corrected chi connectivity index (χ0v) is 16.0. The summed E-state index contributed by atoms with van der Waals surface area (Å²) >= 11 is 0. The van der Waals surface area contributed by atoms with Crippen LogP contribution in [-0.2, 0) is 7.05 Å². The highest BCUT2D eigenvalue weighted by Gasteiger charge is 2.23. The molecule has 2 aromatic rings. The Labute approximate surface area is 158 Å². The molecule has 1 aliphatic rings. The smallest absolute Gasteiger partial charge is 0.274 e. The number of hydrogen-bond donors (Lipinski definition) is 1. The Balaban J connectivity index is 1.83. The van der Waals surface area contributed by atoms with E-state index in [1.54, 1.807) is 19.2 Å². The number of piperidine rings is 1. The molecule has 0 aliphatic carbocycles. The number of nitrogens with one attached hydrogen (secondary N) is 1. The predicted molar refractivity (Wildman–Crippen MR) is 105 cm³/mol. The van der Waals surface area contributed by atoms with Crippen LogP contribution in [-0.4, -0.2) is 34.4 Å². The summed E-state index contributed by atoms with van der Waals surface area (Å²) in [5.74, 6) is 0.144. The third kappa shape index (κ3) is 4.27. The van der Waals surface area contributed by atoms with Crippen molar-refractivity contribution in [1.29, 1.82) is 0 Å². The van der Waals surface area contributed by atoms with Crippen molar-refractivity contribution in [2.45, 2.75) is 26.7 Å². The third-order valence-corrected chi connectivity index (χ3v) is 5.06. The van der Waals surface area contributed by atoms with Crippen molar-refractivity contribution in [3.05, 3.63) is 63.6 Å². The van der Waals surface area contributed by atoms with Crippen LogP contribution < -0.4 is 10.9 Å². The number of rotatable bonds is 3. The molecule has 1 aliphatic heterocycles. The molecule has 0 saturated carbocycles. The predicted octanol–water partition coefficient (Wildman–Crippen LogP) is 2.82. The summed E-state index contributed by atoms with van der Waals surface area (Å²) in [4.78, 5) is 39.5. The summed E-state index contributed by atoms with van der Waals surface area (Å²) in [7, 11) is 1.58. The second-order valence-corrected chi connectivity index (χ2v) is 7.35. The highest BCUT2D eigenvalue weighted by atomic mass is 16.2. The number of aryl methyl sites for hydroxylation is 2. The van der Waals surface area contributed by atoms with E-state index in [1.807, 2.05) is 24.0 Å². The summed E-state index contributed by atoms with van der Waals surface area (Å²) in [5, 5.41) is 2.65. The van der Waals surface area contributed by atoms with Crippen LogP contribution in [0.15, 0.2) is 41.3 Å². The molecule has 0 radical (unpaired) electrons. The lowest BCUT2D eigenvalue weighted by molar-refractivity contribution is 0.0696. The second-order valence-electron chi connectivity index (χ2n) is 7.35. The van der Waals surface area contributed by atoms with Gasteiger partial charge in [0.05, 0.1) is 5.56 Å². The number of carbonyl (C=O) groups excluding carboxylic acids is 2. The van der Waals surface area contributed by atoms with Crippen LogP contribution in [0, 0.1) is 12.8 Å². The molecule has 1 aromatic carbocycles. The maximum atomic E-state index is 12.8. The van der Waals surface area contributed by atoms with Gasteiger partial charge in [-0.25, -0.2) is 0 Å². The Morgan fingerprint density at radius 1 is 1.07 bits per heavy atom. The van der Waals surface area contributed by atoms with Crippen molar-refractivity contribution in [2.75, 3.05) is 18.4 Å². The standard InChI is InChI=1S/C21H25N3O3/c1-14-4-6-16(7-5-14)19(25)22-18-12-17(13-23(3)21(18)27)20(26)24-10-8-15(2)9-11-24/h4-7,12-13,15H,8-11H2,1-3H3,(H,22,25). The quantitative estimate of drug-likeness (QED) is 0.907. The van der Waals surface area contributed by atoms with E-state index in [9.17, 15) is 14.4 Å². The Morgan fingerprint density at radius 2 is 1.70 bits per heavy atom. The van der Waals surface area contributed by atoms with Gasteiger partial charge in [0, 0.05) is 31.9 Å². The number of likely N-dealkylation sites (tertiary alicyclic amines) is 1. The molecule has 6 nitrogen and oxygen atoms in total. The lowest BCUT2D eigenvalue weighted by Crippen LogP contribution is -2.38. The van der Waals surface area contributed by atoms with Crippen LogP contribution in [0.1, 0.15) is 46.0 Å². The maximum Gasteiger partial charge on any atom is 0.274 e. The zero-order chi connectivity index (χ0) is 19.6. The third-order valence-electron chi connectivity index (χ3n) is 5.06. The molecule has 3 rings (SSSR count). The van der Waals surface area contributed by atoms with Crippen LogP contribution in [0.25, 0.3) is 0 Å². The maximum absolute atomic E-state index is 12.8. The van der Waals surface area contributed by atoms with Gasteiger partial charge in [-0.2, -0.15) is 0 Å². The van der Waals surface area contributed by atoms with Gasteiger partial charge in [0.2, 0.25) is 0 Å². The molecule has 27 heavy (non-hydrogen) atoms. The molecule has 2 heterocycles. The molecular weight excluding hydrogens is 342 g/mol. The van der Waals surface area contributed by atoms with Crippen molar-refractivity contribution >= 4 is 17.5 Å². The highest BCUT2D eigenvalue weighted by Crippen LogP contribution is 2.19. The van der Waals surface area contributed by atoms with Gasteiger partial charge in [-0.05, 0) is 43.9 Å². The van der Waals surface area contributed by atoms with E-state index in [1.165, 1.54) is 16.8 Å². The minimum atomic E-state index is -0.372. The first-order valence-electron chi connectivity index (χ1n) is 9.23. The molecule has 6 heteroatoms. The summed E-state index contributed by atoms with van der Waals surface area (Å²) < 4.78 is 1.34. The Kier molecular flexibility index (Phi) is 5.44. The molecular formula is C21H25N3O3. The van der Waals surface area contributed by atoms with E-state index >= 15 is 0 Å².